The van der Waals surface area contributed by atoms with Crippen LogP contribution in [0.1, 0.15) is 29.2 Å². The van der Waals surface area contributed by atoms with Gasteiger partial charge in [0.2, 0.25) is 0 Å². The van der Waals surface area contributed by atoms with Gasteiger partial charge < -0.3 is 4.74 Å². The zero-order chi connectivity index (χ0) is 21.3. The summed E-state index contributed by atoms with van der Waals surface area (Å²) in [6.07, 6.45) is -0.0667. The van der Waals surface area contributed by atoms with E-state index < -0.39 is 23.8 Å². The third kappa shape index (κ3) is 4.07. The summed E-state index contributed by atoms with van der Waals surface area (Å²) >= 11 is 9.18. The van der Waals surface area contributed by atoms with E-state index in [-0.39, 0.29) is 28.8 Å². The topological polar surface area (TPSA) is 29.5 Å². The van der Waals surface area contributed by atoms with E-state index in [1.165, 1.54) is 4.90 Å². The minimum Gasteiger partial charge on any atom is -0.444 e. The molecule has 1 aliphatic heterocycles. The molecule has 1 heterocycles. The lowest BCUT2D eigenvalue weighted by Crippen LogP contribution is -2.40. The highest BCUT2D eigenvalue weighted by Crippen LogP contribution is 2.43. The van der Waals surface area contributed by atoms with E-state index in [1.54, 1.807) is 18.2 Å². The number of benzene rings is 3. The third-order valence-corrected chi connectivity index (χ3v) is 5.91. The summed E-state index contributed by atoms with van der Waals surface area (Å²) in [4.78, 5) is 14.3. The van der Waals surface area contributed by atoms with E-state index >= 15 is 0 Å². The van der Waals surface area contributed by atoms with Crippen molar-refractivity contribution < 1.29 is 18.3 Å². The van der Waals surface area contributed by atoms with Gasteiger partial charge in [-0.2, -0.15) is 0 Å². The summed E-state index contributed by atoms with van der Waals surface area (Å²) in [5.74, 6) is -1.27. The number of hydrogen-bond donors (Lipinski definition) is 0. The molecule has 1 amide bonds. The van der Waals surface area contributed by atoms with E-state index in [0.717, 1.165) is 17.2 Å². The Bertz CT molecular complexity index is 1090. The Labute approximate surface area is 186 Å². The predicted molar refractivity (Wildman–Crippen MR) is 116 cm³/mol. The first-order chi connectivity index (χ1) is 14.5. The van der Waals surface area contributed by atoms with Gasteiger partial charge in [0.05, 0.1) is 16.2 Å². The molecule has 0 spiro atoms. The largest absolute Gasteiger partial charge is 0.444 e. The van der Waals surface area contributed by atoms with Crippen LogP contribution in [0.15, 0.2) is 65.1 Å². The molecule has 1 atom stereocenters. The SMILES string of the molecule is O=C(OCc1ccccc1)N1c2c(F)cc(Br)c(F)c2CCC1c1cccc(Cl)c1. The van der Waals surface area contributed by atoms with Gasteiger partial charge >= 0.3 is 6.09 Å². The second-order valence-corrected chi connectivity index (χ2v) is 8.29. The predicted octanol–water partition coefficient (Wildman–Crippen LogP) is 7.21. The van der Waals surface area contributed by atoms with Gasteiger partial charge in [-0.1, -0.05) is 54.1 Å². The first-order valence-electron chi connectivity index (χ1n) is 9.37. The number of amides is 1. The molecular weight excluding hydrogens is 476 g/mol. The second-order valence-electron chi connectivity index (χ2n) is 7.00. The Morgan fingerprint density at radius 2 is 1.90 bits per heavy atom. The zero-order valence-corrected chi connectivity index (χ0v) is 18.1. The highest BCUT2D eigenvalue weighted by molar-refractivity contribution is 9.10. The van der Waals surface area contributed by atoms with E-state index in [0.29, 0.717) is 11.4 Å². The van der Waals surface area contributed by atoms with Crippen LogP contribution in [0.4, 0.5) is 19.3 Å². The van der Waals surface area contributed by atoms with Crippen LogP contribution in [0.2, 0.25) is 5.02 Å². The molecule has 30 heavy (non-hydrogen) atoms. The molecule has 7 heteroatoms. The van der Waals surface area contributed by atoms with Gasteiger partial charge in [-0.15, -0.1) is 0 Å². The minimum atomic E-state index is -0.745. The van der Waals surface area contributed by atoms with Gasteiger partial charge in [-0.05, 0) is 58.1 Å². The molecule has 0 aliphatic carbocycles. The Balaban J connectivity index is 1.75. The Kier molecular flexibility index (Phi) is 6.06. The smallest absolute Gasteiger partial charge is 0.415 e. The number of ether oxygens (including phenoxy) is 1. The van der Waals surface area contributed by atoms with Crippen molar-refractivity contribution in [1.29, 1.82) is 0 Å². The van der Waals surface area contributed by atoms with Gasteiger partial charge in [0.15, 0.2) is 0 Å². The quantitative estimate of drug-likeness (QED) is 0.362. The molecule has 0 radical (unpaired) electrons. The Morgan fingerprint density at radius 3 is 2.63 bits per heavy atom. The molecule has 1 aliphatic rings. The summed E-state index contributed by atoms with van der Waals surface area (Å²) in [7, 11) is 0. The van der Waals surface area contributed by atoms with Crippen LogP contribution in [-0.2, 0) is 17.8 Å². The van der Waals surface area contributed by atoms with Crippen LogP contribution in [0.5, 0.6) is 0 Å². The van der Waals surface area contributed by atoms with Crippen LogP contribution in [0, 0.1) is 11.6 Å². The molecule has 0 bridgehead atoms. The maximum atomic E-state index is 15.0. The molecule has 1 unspecified atom stereocenters. The summed E-state index contributed by atoms with van der Waals surface area (Å²) in [5.41, 5.74) is 1.58. The van der Waals surface area contributed by atoms with Crippen molar-refractivity contribution in [1.82, 2.24) is 0 Å². The molecule has 4 rings (SSSR count). The van der Waals surface area contributed by atoms with Crippen molar-refractivity contribution >= 4 is 39.3 Å². The van der Waals surface area contributed by atoms with E-state index in [9.17, 15) is 13.6 Å². The number of anilines is 1. The Hall–Kier alpha value is -2.44. The summed E-state index contributed by atoms with van der Waals surface area (Å²) in [5, 5.41) is 0.498. The lowest BCUT2D eigenvalue weighted by atomic mass is 9.91. The zero-order valence-electron chi connectivity index (χ0n) is 15.7. The average molecular weight is 493 g/mol. The number of nitrogens with zero attached hydrogens (tertiary/aromatic N) is 1. The minimum absolute atomic E-state index is 0.0222. The monoisotopic (exact) mass is 491 g/mol. The molecule has 0 fully saturated rings. The van der Waals surface area contributed by atoms with Crippen molar-refractivity contribution in [3.05, 3.63) is 98.5 Å². The maximum absolute atomic E-state index is 15.0. The lowest BCUT2D eigenvalue weighted by Gasteiger charge is -2.37. The fraction of sp³-hybridized carbons (Fsp3) is 0.174. The van der Waals surface area contributed by atoms with E-state index in [1.807, 2.05) is 36.4 Å². The molecule has 0 saturated heterocycles. The maximum Gasteiger partial charge on any atom is 0.415 e. The van der Waals surface area contributed by atoms with E-state index in [2.05, 4.69) is 15.9 Å². The summed E-state index contributed by atoms with van der Waals surface area (Å²) in [6.45, 7) is 0.0222. The number of carbonyl (C=O) groups is 1. The molecular formula is C23H17BrClF2NO2. The molecule has 0 N–H and O–H groups in total. The van der Waals surface area contributed by atoms with Crippen LogP contribution in [-0.4, -0.2) is 6.09 Å². The van der Waals surface area contributed by atoms with Crippen molar-refractivity contribution in [3.63, 3.8) is 0 Å². The Morgan fingerprint density at radius 1 is 1.13 bits per heavy atom. The number of halogens is 4. The van der Waals surface area contributed by atoms with Crippen molar-refractivity contribution in [2.24, 2.45) is 0 Å². The van der Waals surface area contributed by atoms with Gasteiger partial charge in [-0.25, -0.2) is 13.6 Å². The van der Waals surface area contributed by atoms with Crippen LogP contribution >= 0.6 is 27.5 Å². The van der Waals surface area contributed by atoms with Crippen LogP contribution < -0.4 is 4.90 Å². The molecule has 154 valence electrons. The fourth-order valence-corrected chi connectivity index (χ4v) is 4.37. The normalized spacial score (nSPS) is 15.6. The van der Waals surface area contributed by atoms with Crippen molar-refractivity contribution in [2.75, 3.05) is 4.90 Å². The number of rotatable bonds is 3. The molecule has 3 nitrogen and oxygen atoms in total. The number of fused-ring (bicyclic) bond motifs is 1. The van der Waals surface area contributed by atoms with Gasteiger partial charge in [0, 0.05) is 10.6 Å². The second kappa shape index (κ2) is 8.74. The third-order valence-electron chi connectivity index (χ3n) is 5.10. The molecule has 0 saturated carbocycles. The van der Waals surface area contributed by atoms with Crippen LogP contribution in [0.25, 0.3) is 0 Å². The van der Waals surface area contributed by atoms with E-state index in [4.69, 9.17) is 16.3 Å². The first-order valence-corrected chi connectivity index (χ1v) is 10.5. The molecule has 3 aromatic carbocycles. The standard InChI is InChI=1S/C23H17BrClF2NO2/c24-18-12-19(26)22-17(21(18)27)9-10-20(15-7-4-8-16(25)11-15)28(22)23(29)30-13-14-5-2-1-3-6-14/h1-8,11-12,20H,9-10,13H2. The highest BCUT2D eigenvalue weighted by Gasteiger charge is 2.37. The summed E-state index contributed by atoms with van der Waals surface area (Å²) < 4.78 is 35.2. The summed E-state index contributed by atoms with van der Waals surface area (Å²) in [6, 6.07) is 16.7. The molecule has 0 aromatic heterocycles. The van der Waals surface area contributed by atoms with Gasteiger partial charge in [0.25, 0.3) is 0 Å². The van der Waals surface area contributed by atoms with Gasteiger partial charge in [0.1, 0.15) is 18.2 Å². The average Bonchev–Trinajstić information content (AvgIpc) is 2.75. The molecule has 3 aromatic rings. The fourth-order valence-electron chi connectivity index (χ4n) is 3.73. The van der Waals surface area contributed by atoms with Crippen molar-refractivity contribution in [3.8, 4) is 0 Å². The van der Waals surface area contributed by atoms with Gasteiger partial charge in [-0.3, -0.25) is 4.90 Å². The number of carbonyl (C=O) groups excluding carboxylic acids is 1. The highest BCUT2D eigenvalue weighted by atomic mass is 79.9. The number of hydrogen-bond acceptors (Lipinski definition) is 2. The first kappa shape index (κ1) is 20.8. The van der Waals surface area contributed by atoms with Crippen molar-refractivity contribution in [2.45, 2.75) is 25.5 Å². The van der Waals surface area contributed by atoms with Crippen LogP contribution in [0.3, 0.4) is 0 Å². The lowest BCUT2D eigenvalue weighted by molar-refractivity contribution is 0.143.